The highest BCUT2D eigenvalue weighted by molar-refractivity contribution is 6.33. The van der Waals surface area contributed by atoms with Gasteiger partial charge in [-0.15, -0.1) is 0 Å². The first kappa shape index (κ1) is 12.6. The Hall–Kier alpha value is -1.39. The van der Waals surface area contributed by atoms with E-state index in [-0.39, 0.29) is 5.92 Å². The number of hydrogen-bond donors (Lipinski definition) is 0. The Morgan fingerprint density at radius 2 is 2.16 bits per heavy atom. The molecule has 19 heavy (non-hydrogen) atoms. The minimum absolute atomic E-state index is 0.275. The summed E-state index contributed by atoms with van der Waals surface area (Å²) in [5.41, 5.74) is 0.805. The molecule has 2 aromatic rings. The molecule has 0 amide bonds. The van der Waals surface area contributed by atoms with Crippen molar-refractivity contribution in [2.24, 2.45) is 5.92 Å². The molecule has 5 heteroatoms. The van der Waals surface area contributed by atoms with Crippen LogP contribution in [0.25, 0.3) is 11.4 Å². The summed E-state index contributed by atoms with van der Waals surface area (Å²) in [5.74, 6) is 1.91. The molecule has 2 atom stereocenters. The minimum Gasteiger partial charge on any atom is -0.381 e. The van der Waals surface area contributed by atoms with Crippen LogP contribution in [0.15, 0.2) is 28.8 Å². The highest BCUT2D eigenvalue weighted by Crippen LogP contribution is 2.32. The monoisotopic (exact) mass is 278 g/mol. The van der Waals surface area contributed by atoms with Crippen molar-refractivity contribution in [3.63, 3.8) is 0 Å². The molecule has 0 aliphatic carbocycles. The van der Waals surface area contributed by atoms with Crippen molar-refractivity contribution < 1.29 is 9.26 Å². The summed E-state index contributed by atoms with van der Waals surface area (Å²) in [6.07, 6.45) is 0.922. The maximum absolute atomic E-state index is 6.14. The van der Waals surface area contributed by atoms with Gasteiger partial charge in [0.05, 0.1) is 5.02 Å². The van der Waals surface area contributed by atoms with Crippen LogP contribution in [-0.4, -0.2) is 23.4 Å². The van der Waals surface area contributed by atoms with E-state index in [1.165, 1.54) is 0 Å². The normalized spacial score (nSPS) is 23.5. The molecule has 1 aromatic carbocycles. The van der Waals surface area contributed by atoms with Crippen molar-refractivity contribution in [1.82, 2.24) is 10.1 Å². The SMILES string of the molecule is C[C@@H]1COCC[C@@H]1c1nc(-c2ccccc2Cl)no1. The predicted octanol–water partition coefficient (Wildman–Crippen LogP) is 3.53. The smallest absolute Gasteiger partial charge is 0.230 e. The summed E-state index contributed by atoms with van der Waals surface area (Å²) in [7, 11) is 0. The zero-order valence-corrected chi connectivity index (χ0v) is 11.4. The van der Waals surface area contributed by atoms with Crippen molar-refractivity contribution in [3.05, 3.63) is 35.2 Å². The van der Waals surface area contributed by atoms with Crippen molar-refractivity contribution >= 4 is 11.6 Å². The fourth-order valence-electron chi connectivity index (χ4n) is 2.38. The van der Waals surface area contributed by atoms with E-state index >= 15 is 0 Å². The first-order valence-electron chi connectivity index (χ1n) is 6.42. The van der Waals surface area contributed by atoms with Gasteiger partial charge in [0.15, 0.2) is 0 Å². The van der Waals surface area contributed by atoms with Gasteiger partial charge < -0.3 is 9.26 Å². The number of nitrogens with zero attached hydrogens (tertiary/aromatic N) is 2. The van der Waals surface area contributed by atoms with Crippen LogP contribution in [0.5, 0.6) is 0 Å². The fourth-order valence-corrected chi connectivity index (χ4v) is 2.61. The second-order valence-electron chi connectivity index (χ2n) is 4.88. The van der Waals surface area contributed by atoms with Crippen molar-refractivity contribution in [2.75, 3.05) is 13.2 Å². The van der Waals surface area contributed by atoms with Gasteiger partial charge in [-0.2, -0.15) is 4.98 Å². The molecular weight excluding hydrogens is 264 g/mol. The van der Waals surface area contributed by atoms with E-state index in [1.54, 1.807) is 0 Å². The van der Waals surface area contributed by atoms with Crippen LogP contribution in [0.1, 0.15) is 25.2 Å². The van der Waals surface area contributed by atoms with Gasteiger partial charge in [-0.3, -0.25) is 0 Å². The number of hydrogen-bond acceptors (Lipinski definition) is 4. The maximum atomic E-state index is 6.14. The molecule has 1 aromatic heterocycles. The average molecular weight is 279 g/mol. The molecule has 3 rings (SSSR count). The summed E-state index contributed by atoms with van der Waals surface area (Å²) in [5, 5.41) is 4.68. The van der Waals surface area contributed by atoms with Gasteiger partial charge in [0.1, 0.15) is 0 Å². The second-order valence-corrected chi connectivity index (χ2v) is 5.29. The van der Waals surface area contributed by atoms with Crippen LogP contribution < -0.4 is 0 Å². The molecule has 0 bridgehead atoms. The largest absolute Gasteiger partial charge is 0.381 e. The average Bonchev–Trinajstić information content (AvgIpc) is 2.89. The molecule has 0 N–H and O–H groups in total. The number of benzene rings is 1. The standard InChI is InChI=1S/C14H15ClN2O2/c1-9-8-18-7-6-10(9)14-16-13(17-19-14)11-4-2-3-5-12(11)15/h2-5,9-10H,6-8H2,1H3/t9-,10+/m1/s1. The highest BCUT2D eigenvalue weighted by atomic mass is 35.5. The van der Waals surface area contributed by atoms with Crippen molar-refractivity contribution in [2.45, 2.75) is 19.3 Å². The van der Waals surface area contributed by atoms with E-state index in [9.17, 15) is 0 Å². The second kappa shape index (κ2) is 5.31. The first-order valence-corrected chi connectivity index (χ1v) is 6.80. The summed E-state index contributed by atoms with van der Waals surface area (Å²) in [6, 6.07) is 7.51. The van der Waals surface area contributed by atoms with Gasteiger partial charge in [-0.05, 0) is 24.5 Å². The molecular formula is C14H15ClN2O2. The molecule has 2 heterocycles. The number of ether oxygens (including phenoxy) is 1. The lowest BCUT2D eigenvalue weighted by atomic mass is 9.90. The third-order valence-electron chi connectivity index (χ3n) is 3.51. The van der Waals surface area contributed by atoms with Gasteiger partial charge in [0.25, 0.3) is 0 Å². The molecule has 0 radical (unpaired) electrons. The van der Waals surface area contributed by atoms with Crippen molar-refractivity contribution in [1.29, 1.82) is 0 Å². The third-order valence-corrected chi connectivity index (χ3v) is 3.84. The van der Waals surface area contributed by atoms with E-state index < -0.39 is 0 Å². The molecule has 1 aliphatic heterocycles. The van der Waals surface area contributed by atoms with Gasteiger partial charge >= 0.3 is 0 Å². The Morgan fingerprint density at radius 1 is 1.32 bits per heavy atom. The summed E-state index contributed by atoms with van der Waals surface area (Å²) in [4.78, 5) is 4.50. The van der Waals surface area contributed by atoms with Gasteiger partial charge in [0.2, 0.25) is 11.7 Å². The van der Waals surface area contributed by atoms with E-state index in [0.717, 1.165) is 25.2 Å². The van der Waals surface area contributed by atoms with Gasteiger partial charge in [0, 0.05) is 24.7 Å². The van der Waals surface area contributed by atoms with Gasteiger partial charge in [-0.25, -0.2) is 0 Å². The lowest BCUT2D eigenvalue weighted by Crippen LogP contribution is -2.23. The zero-order chi connectivity index (χ0) is 13.2. The van der Waals surface area contributed by atoms with Crippen LogP contribution in [0.2, 0.25) is 5.02 Å². The van der Waals surface area contributed by atoms with E-state index in [2.05, 4.69) is 17.1 Å². The van der Waals surface area contributed by atoms with Crippen LogP contribution in [0.3, 0.4) is 0 Å². The molecule has 0 saturated carbocycles. The lowest BCUT2D eigenvalue weighted by molar-refractivity contribution is 0.0392. The third kappa shape index (κ3) is 2.51. The number of aromatic nitrogens is 2. The highest BCUT2D eigenvalue weighted by Gasteiger charge is 2.28. The number of rotatable bonds is 2. The lowest BCUT2D eigenvalue weighted by Gasteiger charge is -2.25. The first-order chi connectivity index (χ1) is 9.25. The molecule has 0 unspecified atom stereocenters. The Morgan fingerprint density at radius 3 is 2.95 bits per heavy atom. The summed E-state index contributed by atoms with van der Waals surface area (Å²) in [6.45, 7) is 3.64. The fraction of sp³-hybridized carbons (Fsp3) is 0.429. The minimum atomic E-state index is 0.275. The van der Waals surface area contributed by atoms with Crippen LogP contribution >= 0.6 is 11.6 Å². The molecule has 1 fully saturated rings. The van der Waals surface area contributed by atoms with Gasteiger partial charge in [-0.1, -0.05) is 35.8 Å². The number of halogens is 1. The Labute approximate surface area is 116 Å². The summed E-state index contributed by atoms with van der Waals surface area (Å²) < 4.78 is 10.8. The molecule has 1 saturated heterocycles. The van der Waals surface area contributed by atoms with Crippen LogP contribution in [0, 0.1) is 5.92 Å². The van der Waals surface area contributed by atoms with E-state index in [4.69, 9.17) is 20.9 Å². The maximum Gasteiger partial charge on any atom is 0.230 e. The predicted molar refractivity (Wildman–Crippen MR) is 72.1 cm³/mol. The zero-order valence-electron chi connectivity index (χ0n) is 10.7. The van der Waals surface area contributed by atoms with E-state index in [0.29, 0.717) is 22.7 Å². The molecule has 4 nitrogen and oxygen atoms in total. The topological polar surface area (TPSA) is 48.2 Å². The van der Waals surface area contributed by atoms with Crippen LogP contribution in [-0.2, 0) is 4.74 Å². The van der Waals surface area contributed by atoms with Crippen molar-refractivity contribution in [3.8, 4) is 11.4 Å². The van der Waals surface area contributed by atoms with Crippen LogP contribution in [0.4, 0.5) is 0 Å². The summed E-state index contributed by atoms with van der Waals surface area (Å²) >= 11 is 6.14. The quantitative estimate of drug-likeness (QED) is 0.843. The Bertz CT molecular complexity index is 570. The molecule has 1 aliphatic rings. The van der Waals surface area contributed by atoms with E-state index in [1.807, 2.05) is 24.3 Å². The molecule has 100 valence electrons. The Balaban J connectivity index is 1.89. The Kier molecular flexibility index (Phi) is 3.53. The molecule has 0 spiro atoms.